The molecule has 104 valence electrons. The van der Waals surface area contributed by atoms with E-state index < -0.39 is 0 Å². The van der Waals surface area contributed by atoms with E-state index in [4.69, 9.17) is 11.5 Å². The molecule has 1 saturated carbocycles. The minimum absolute atomic E-state index is 0.131. The first-order chi connectivity index (χ1) is 9.58. The van der Waals surface area contributed by atoms with Crippen molar-refractivity contribution >= 4 is 11.9 Å². The van der Waals surface area contributed by atoms with Crippen LogP contribution in [0.4, 0.5) is 0 Å². The van der Waals surface area contributed by atoms with E-state index in [-0.39, 0.29) is 29.6 Å². The van der Waals surface area contributed by atoms with Crippen LogP contribution in [0.15, 0.2) is 41.4 Å². The first-order valence-corrected chi connectivity index (χ1v) is 6.95. The maximum Gasteiger partial charge on any atom is 0.253 e. The topological polar surface area (TPSA) is 81.5 Å². The zero-order chi connectivity index (χ0) is 14.3. The zero-order valence-electron chi connectivity index (χ0n) is 11.5. The van der Waals surface area contributed by atoms with E-state index in [1.807, 2.05) is 12.1 Å². The summed E-state index contributed by atoms with van der Waals surface area (Å²) in [5.41, 5.74) is 13.2. The predicted octanol–water partition coefficient (Wildman–Crippen LogP) is 1.70. The number of amides is 1. The largest absolute Gasteiger partial charge is 0.370 e. The molecule has 1 aromatic rings. The number of hydrogen-bond acceptors (Lipinski definition) is 1. The number of rotatable bonds is 2. The van der Waals surface area contributed by atoms with E-state index in [0.29, 0.717) is 5.92 Å². The van der Waals surface area contributed by atoms with Gasteiger partial charge in [0.2, 0.25) is 0 Å². The Bertz CT molecular complexity index is 601. The Morgan fingerprint density at radius 1 is 1.20 bits per heavy atom. The van der Waals surface area contributed by atoms with Crippen molar-refractivity contribution in [3.05, 3.63) is 47.5 Å². The van der Waals surface area contributed by atoms with Crippen LogP contribution < -0.4 is 11.5 Å². The molecule has 3 rings (SSSR count). The monoisotopic (exact) mass is 269 g/mol. The number of fused-ring (bicyclic) bond motifs is 2. The number of carbonyl (C=O) groups is 1. The van der Waals surface area contributed by atoms with E-state index in [1.54, 1.807) is 0 Å². The van der Waals surface area contributed by atoms with Crippen LogP contribution in [0.1, 0.15) is 23.5 Å². The van der Waals surface area contributed by atoms with Gasteiger partial charge < -0.3 is 11.5 Å². The van der Waals surface area contributed by atoms with Crippen molar-refractivity contribution in [2.75, 3.05) is 0 Å². The summed E-state index contributed by atoms with van der Waals surface area (Å²) >= 11 is 0. The van der Waals surface area contributed by atoms with Gasteiger partial charge in [-0.1, -0.05) is 36.4 Å². The molecule has 4 heteroatoms. The van der Waals surface area contributed by atoms with Gasteiger partial charge in [-0.15, -0.1) is 0 Å². The van der Waals surface area contributed by atoms with Gasteiger partial charge in [0.25, 0.3) is 5.91 Å². The molecule has 4 atom stereocenters. The molecule has 1 fully saturated rings. The fraction of sp³-hybridized carbons (Fsp3) is 0.375. The van der Waals surface area contributed by atoms with Crippen molar-refractivity contribution in [1.82, 2.24) is 0 Å². The normalized spacial score (nSPS) is 30.4. The summed E-state index contributed by atoms with van der Waals surface area (Å²) in [7, 11) is 0. The van der Waals surface area contributed by atoms with Gasteiger partial charge in [-0.2, -0.15) is 4.99 Å². The van der Waals surface area contributed by atoms with Crippen LogP contribution in [0.5, 0.6) is 0 Å². The Morgan fingerprint density at radius 2 is 1.90 bits per heavy atom. The molecule has 0 aliphatic heterocycles. The fourth-order valence-electron chi connectivity index (χ4n) is 3.75. The quantitative estimate of drug-likeness (QED) is 0.487. The number of aliphatic imine (C=N–C) groups is 1. The Kier molecular flexibility index (Phi) is 3.08. The highest BCUT2D eigenvalue weighted by atomic mass is 16.1. The van der Waals surface area contributed by atoms with E-state index >= 15 is 0 Å². The van der Waals surface area contributed by atoms with Crippen LogP contribution in [0.25, 0.3) is 0 Å². The fourth-order valence-corrected chi connectivity index (χ4v) is 3.75. The Morgan fingerprint density at radius 3 is 2.60 bits per heavy atom. The molecule has 20 heavy (non-hydrogen) atoms. The average Bonchev–Trinajstić information content (AvgIpc) is 2.98. The van der Waals surface area contributed by atoms with Gasteiger partial charge in [0, 0.05) is 5.92 Å². The maximum atomic E-state index is 12.4. The van der Waals surface area contributed by atoms with Crippen LogP contribution in [0.3, 0.4) is 0 Å². The molecule has 1 aromatic carbocycles. The highest BCUT2D eigenvalue weighted by molar-refractivity contribution is 5.93. The number of allylic oxidation sites excluding steroid dienone is 2. The smallest absolute Gasteiger partial charge is 0.253 e. The first-order valence-electron chi connectivity index (χ1n) is 6.95. The van der Waals surface area contributed by atoms with Gasteiger partial charge in [-0.05, 0) is 36.3 Å². The molecular formula is C16H19N3O. The standard InChI is InChI=1S/C16H19N3O/c1-9-4-2-3-5-12(9)13-10-6-7-11(8-10)14(13)15(20)19-16(17)18/h2-7,10-11,13-14H,8H2,1H3,(H4,17,18,19,20)/t10?,11?,13-,14+/m1/s1. The highest BCUT2D eigenvalue weighted by Crippen LogP contribution is 2.53. The number of carbonyl (C=O) groups excluding carboxylic acids is 1. The summed E-state index contributed by atoms with van der Waals surface area (Å²) in [4.78, 5) is 16.1. The summed E-state index contributed by atoms with van der Waals surface area (Å²) in [6.45, 7) is 2.09. The number of nitrogens with two attached hydrogens (primary N) is 2. The van der Waals surface area contributed by atoms with Crippen LogP contribution >= 0.6 is 0 Å². The van der Waals surface area contributed by atoms with Crippen molar-refractivity contribution in [2.24, 2.45) is 34.2 Å². The molecule has 0 saturated heterocycles. The van der Waals surface area contributed by atoms with Gasteiger partial charge >= 0.3 is 0 Å². The van der Waals surface area contributed by atoms with Crippen molar-refractivity contribution < 1.29 is 4.79 Å². The lowest BCUT2D eigenvalue weighted by atomic mass is 9.77. The molecule has 0 heterocycles. The van der Waals surface area contributed by atoms with Crippen LogP contribution in [-0.2, 0) is 4.79 Å². The van der Waals surface area contributed by atoms with E-state index in [9.17, 15) is 4.79 Å². The SMILES string of the molecule is Cc1ccccc1[C@H]1C2C=CC(C2)[C@@H]1C(=O)N=C(N)N. The van der Waals surface area contributed by atoms with Gasteiger partial charge in [-0.25, -0.2) is 0 Å². The lowest BCUT2D eigenvalue weighted by molar-refractivity contribution is -0.122. The Labute approximate surface area is 118 Å². The van der Waals surface area contributed by atoms with Crippen LogP contribution in [0, 0.1) is 24.7 Å². The molecule has 4 nitrogen and oxygen atoms in total. The van der Waals surface area contributed by atoms with Crippen molar-refractivity contribution in [3.63, 3.8) is 0 Å². The summed E-state index contributed by atoms with van der Waals surface area (Å²) in [5, 5.41) is 0. The molecular weight excluding hydrogens is 250 g/mol. The number of aryl methyl sites for hydroxylation is 1. The Balaban J connectivity index is 2.00. The predicted molar refractivity (Wildman–Crippen MR) is 79.0 cm³/mol. The molecule has 0 spiro atoms. The molecule has 0 aromatic heterocycles. The third kappa shape index (κ3) is 2.01. The highest BCUT2D eigenvalue weighted by Gasteiger charge is 2.49. The summed E-state index contributed by atoms with van der Waals surface area (Å²) in [6.07, 6.45) is 5.40. The van der Waals surface area contributed by atoms with E-state index in [1.165, 1.54) is 11.1 Å². The number of guanidine groups is 1. The minimum Gasteiger partial charge on any atom is -0.370 e. The van der Waals surface area contributed by atoms with Gasteiger partial charge in [0.15, 0.2) is 5.96 Å². The third-order valence-corrected chi connectivity index (χ3v) is 4.53. The maximum absolute atomic E-state index is 12.4. The molecule has 2 aliphatic carbocycles. The van der Waals surface area contributed by atoms with Gasteiger partial charge in [0.05, 0.1) is 5.92 Å². The summed E-state index contributed by atoms with van der Waals surface area (Å²) in [5.74, 6) is 0.417. The van der Waals surface area contributed by atoms with Crippen molar-refractivity contribution in [2.45, 2.75) is 19.3 Å². The molecule has 2 unspecified atom stereocenters. The molecule has 2 bridgehead atoms. The average molecular weight is 269 g/mol. The third-order valence-electron chi connectivity index (χ3n) is 4.53. The minimum atomic E-state index is -0.185. The first kappa shape index (κ1) is 12.9. The second-order valence-electron chi connectivity index (χ2n) is 5.73. The van der Waals surface area contributed by atoms with Crippen LogP contribution in [0.2, 0.25) is 0 Å². The van der Waals surface area contributed by atoms with Gasteiger partial charge in [0.1, 0.15) is 0 Å². The molecule has 1 amide bonds. The number of nitrogens with zero attached hydrogens (tertiary/aromatic N) is 1. The van der Waals surface area contributed by atoms with E-state index in [0.717, 1.165) is 6.42 Å². The lowest BCUT2D eigenvalue weighted by Gasteiger charge is -2.27. The van der Waals surface area contributed by atoms with Crippen molar-refractivity contribution in [1.29, 1.82) is 0 Å². The summed E-state index contributed by atoms with van der Waals surface area (Å²) in [6, 6.07) is 8.26. The lowest BCUT2D eigenvalue weighted by Crippen LogP contribution is -2.30. The second-order valence-corrected chi connectivity index (χ2v) is 5.73. The second kappa shape index (κ2) is 4.78. The molecule has 4 N–H and O–H groups in total. The van der Waals surface area contributed by atoms with E-state index in [2.05, 4.69) is 36.2 Å². The van der Waals surface area contributed by atoms with Gasteiger partial charge in [-0.3, -0.25) is 4.79 Å². The number of hydrogen-bond donors (Lipinski definition) is 2. The molecule has 2 aliphatic rings. The van der Waals surface area contributed by atoms with Crippen LogP contribution in [-0.4, -0.2) is 11.9 Å². The number of benzene rings is 1. The zero-order valence-corrected chi connectivity index (χ0v) is 11.5. The molecule has 0 radical (unpaired) electrons. The summed E-state index contributed by atoms with van der Waals surface area (Å²) < 4.78 is 0. The Hall–Kier alpha value is -2.10. The van der Waals surface area contributed by atoms with Crippen molar-refractivity contribution in [3.8, 4) is 0 Å².